The number of benzene rings is 3. The van der Waals surface area contributed by atoms with E-state index >= 15 is 0 Å². The Kier molecular flexibility index (Phi) is 11.6. The van der Waals surface area contributed by atoms with Gasteiger partial charge in [-0.3, -0.25) is 9.11 Å². The lowest BCUT2D eigenvalue weighted by molar-refractivity contribution is 0.302. The zero-order chi connectivity index (χ0) is 33.7. The number of rotatable bonds is 9. The summed E-state index contributed by atoms with van der Waals surface area (Å²) in [5.74, 6) is 0.320. The molecule has 1 aromatic heterocycles. The van der Waals surface area contributed by atoms with E-state index in [4.69, 9.17) is 68.5 Å². The average molecular weight is 745 g/mol. The number of ether oxygens (including phenoxy) is 1. The van der Waals surface area contributed by atoms with Crippen molar-refractivity contribution in [1.29, 1.82) is 0 Å². The van der Waals surface area contributed by atoms with E-state index in [1.165, 1.54) is 6.07 Å². The van der Waals surface area contributed by atoms with Crippen LogP contribution in [0.3, 0.4) is 0 Å². The Morgan fingerprint density at radius 3 is 1.96 bits per heavy atom. The highest BCUT2D eigenvalue weighted by Gasteiger charge is 2.19. The highest BCUT2D eigenvalue weighted by atomic mass is 35.5. The first-order valence-corrected chi connectivity index (χ1v) is 17.2. The van der Waals surface area contributed by atoms with Gasteiger partial charge >= 0.3 is 20.6 Å². The van der Waals surface area contributed by atoms with E-state index in [1.807, 2.05) is 0 Å². The topological polar surface area (TPSA) is 242 Å². The maximum Gasteiger partial charge on any atom is 0.394 e. The number of anilines is 2. The Balaban J connectivity index is 0.00000102. The van der Waals surface area contributed by atoms with E-state index in [9.17, 15) is 20.7 Å². The molecule has 0 unspecified atom stereocenters. The minimum atomic E-state index is -4.95. The maximum atomic E-state index is 13.1. The molecule has 0 aliphatic heterocycles. The third-order valence-corrected chi connectivity index (χ3v) is 8.77. The Labute approximate surface area is 272 Å². The molecule has 0 saturated carbocycles. The molecule has 242 valence electrons. The fourth-order valence-electron chi connectivity index (χ4n) is 3.58. The molecule has 0 aliphatic carbocycles. The normalized spacial score (nSPS) is 11.9. The number of hydrogen-bond acceptors (Lipinski definition) is 11. The number of nitrogen functional groups attached to an aromatic ring is 2. The molecule has 0 radical (unpaired) electrons. The summed E-state index contributed by atoms with van der Waals surface area (Å²) in [6.07, 6.45) is 0. The summed E-state index contributed by atoms with van der Waals surface area (Å²) in [5, 5.41) is 0.846. The molecule has 3 aromatic carbocycles. The predicted octanol–water partition coefficient (Wildman–Crippen LogP) is 4.33. The standard InChI is InChI=1S/C24H19Cl3FN5O5S2.H2O4S/c25-17-7-2-14(10-18(17)26)22-20(32-24(30)33-23(22)29)12-38-21-8-1-13(9-19(21)27)11-31-40(36,37)16-5-3-15(4-6-16)39(28,34)35;1-5(2,3)4/h1-10,31H,11-12H2,(H4,29,30,32,33);(H2,1,2,3,4). The summed E-state index contributed by atoms with van der Waals surface area (Å²) in [6, 6.07) is 13.2. The molecule has 45 heavy (non-hydrogen) atoms. The van der Waals surface area contributed by atoms with Crippen molar-refractivity contribution in [3.8, 4) is 16.9 Å². The van der Waals surface area contributed by atoms with Crippen LogP contribution < -0.4 is 20.9 Å². The summed E-state index contributed by atoms with van der Waals surface area (Å²) in [4.78, 5) is 7.36. The van der Waals surface area contributed by atoms with Gasteiger partial charge in [0.1, 0.15) is 18.2 Å². The minimum Gasteiger partial charge on any atom is -0.486 e. The number of halogens is 4. The molecule has 0 amide bonds. The van der Waals surface area contributed by atoms with Gasteiger partial charge in [-0.25, -0.2) is 18.1 Å². The molecule has 0 bridgehead atoms. The number of nitrogens with one attached hydrogen (secondary N) is 1. The van der Waals surface area contributed by atoms with Crippen molar-refractivity contribution in [3.05, 3.63) is 87.0 Å². The Morgan fingerprint density at radius 2 is 1.40 bits per heavy atom. The van der Waals surface area contributed by atoms with E-state index in [1.54, 1.807) is 30.3 Å². The lowest BCUT2D eigenvalue weighted by Crippen LogP contribution is -2.23. The zero-order valence-electron chi connectivity index (χ0n) is 22.2. The van der Waals surface area contributed by atoms with Gasteiger partial charge < -0.3 is 16.2 Å². The van der Waals surface area contributed by atoms with E-state index in [2.05, 4.69) is 14.7 Å². The molecule has 21 heteroatoms. The lowest BCUT2D eigenvalue weighted by Gasteiger charge is -2.15. The monoisotopic (exact) mass is 743 g/mol. The summed E-state index contributed by atoms with van der Waals surface area (Å²) >= 11 is 18.5. The van der Waals surface area contributed by atoms with Crippen LogP contribution in [0.25, 0.3) is 11.1 Å². The average Bonchev–Trinajstić information content (AvgIpc) is 2.91. The SMILES string of the molecule is Nc1nc(N)c(-c2ccc(Cl)c(Cl)c2)c(COc2ccc(CNS(=O)(=O)c3ccc(S(=O)(=O)F)cc3)cc2Cl)n1.O=S(=O)(O)O. The van der Waals surface area contributed by atoms with E-state index in [0.717, 1.165) is 24.3 Å². The maximum absolute atomic E-state index is 13.1. The second-order valence-corrected chi connectivity index (χ2v) is 13.9. The summed E-state index contributed by atoms with van der Waals surface area (Å²) in [5.41, 5.74) is 13.8. The summed E-state index contributed by atoms with van der Waals surface area (Å²) in [6.45, 7) is -0.241. The molecule has 7 N–H and O–H groups in total. The van der Waals surface area contributed by atoms with Gasteiger partial charge in [0.05, 0.1) is 30.6 Å². The van der Waals surface area contributed by atoms with Gasteiger partial charge in [0, 0.05) is 12.1 Å². The Bertz CT molecular complexity index is 2050. The Hall–Kier alpha value is -3.33. The van der Waals surface area contributed by atoms with Crippen LogP contribution in [-0.4, -0.2) is 44.3 Å². The van der Waals surface area contributed by atoms with Crippen molar-refractivity contribution in [2.45, 2.75) is 22.9 Å². The summed E-state index contributed by atoms with van der Waals surface area (Å²) < 4.78 is 99.9. The van der Waals surface area contributed by atoms with Crippen LogP contribution in [0.15, 0.2) is 70.5 Å². The quantitative estimate of drug-likeness (QED) is 0.119. The van der Waals surface area contributed by atoms with Gasteiger partial charge in [-0.1, -0.05) is 46.9 Å². The highest BCUT2D eigenvalue weighted by molar-refractivity contribution is 7.89. The highest BCUT2D eigenvalue weighted by Crippen LogP contribution is 2.34. The largest absolute Gasteiger partial charge is 0.486 e. The van der Waals surface area contributed by atoms with E-state index < -0.39 is 35.5 Å². The molecule has 0 atom stereocenters. The molecule has 4 aromatic rings. The number of aromatic nitrogens is 2. The Morgan fingerprint density at radius 1 is 0.800 bits per heavy atom. The van der Waals surface area contributed by atoms with Gasteiger partial charge in [0.2, 0.25) is 16.0 Å². The third kappa shape index (κ3) is 10.6. The number of sulfonamides is 1. The van der Waals surface area contributed by atoms with Crippen molar-refractivity contribution >= 4 is 77.2 Å². The fourth-order valence-corrected chi connectivity index (χ4v) is 5.61. The zero-order valence-corrected chi connectivity index (χ0v) is 26.9. The molecule has 0 fully saturated rings. The van der Waals surface area contributed by atoms with Gasteiger partial charge in [0.25, 0.3) is 0 Å². The van der Waals surface area contributed by atoms with Crippen LogP contribution in [0.4, 0.5) is 15.7 Å². The van der Waals surface area contributed by atoms with Crippen molar-refractivity contribution in [2.24, 2.45) is 0 Å². The van der Waals surface area contributed by atoms with Crippen LogP contribution in [-0.2, 0) is 43.8 Å². The molecular weight excluding hydrogens is 724 g/mol. The first-order valence-electron chi connectivity index (χ1n) is 11.8. The third-order valence-electron chi connectivity index (χ3n) is 5.48. The molecule has 0 saturated heterocycles. The van der Waals surface area contributed by atoms with Gasteiger partial charge in [-0.2, -0.15) is 21.8 Å². The second-order valence-electron chi connectivity index (χ2n) is 8.65. The lowest BCUT2D eigenvalue weighted by atomic mass is 10.0. The van der Waals surface area contributed by atoms with Crippen LogP contribution in [0.5, 0.6) is 5.75 Å². The van der Waals surface area contributed by atoms with Crippen molar-refractivity contribution in [2.75, 3.05) is 11.5 Å². The van der Waals surface area contributed by atoms with Crippen molar-refractivity contribution in [1.82, 2.24) is 14.7 Å². The first-order chi connectivity index (χ1) is 20.7. The second kappa shape index (κ2) is 14.4. The van der Waals surface area contributed by atoms with Gasteiger partial charge in [-0.15, -0.1) is 3.89 Å². The molecule has 4 rings (SSSR count). The van der Waals surface area contributed by atoms with Crippen LogP contribution in [0, 0.1) is 0 Å². The van der Waals surface area contributed by atoms with Crippen LogP contribution in [0.2, 0.25) is 15.1 Å². The molecule has 14 nitrogen and oxygen atoms in total. The predicted molar refractivity (Wildman–Crippen MR) is 165 cm³/mol. The van der Waals surface area contributed by atoms with Gasteiger partial charge in [-0.05, 0) is 59.7 Å². The van der Waals surface area contributed by atoms with Gasteiger partial charge in [0.15, 0.2) is 0 Å². The molecule has 1 heterocycles. The minimum absolute atomic E-state index is 0.0606. The molecule has 0 aliphatic rings. The van der Waals surface area contributed by atoms with E-state index in [0.29, 0.717) is 32.4 Å². The first kappa shape index (κ1) is 36.1. The number of hydrogen-bond donors (Lipinski definition) is 5. The van der Waals surface area contributed by atoms with E-state index in [-0.39, 0.29) is 40.6 Å². The number of nitrogens with two attached hydrogens (primary N) is 2. The summed E-state index contributed by atoms with van der Waals surface area (Å²) in [7, 11) is -13.6. The smallest absolute Gasteiger partial charge is 0.394 e. The molecular formula is C24H21Cl3FN5O9S3. The molecule has 0 spiro atoms. The van der Waals surface area contributed by atoms with Crippen LogP contribution in [0.1, 0.15) is 11.3 Å². The van der Waals surface area contributed by atoms with Crippen LogP contribution >= 0.6 is 34.8 Å². The number of nitrogens with zero attached hydrogens (tertiary/aromatic N) is 2. The van der Waals surface area contributed by atoms with Crippen molar-refractivity contribution < 1.29 is 43.0 Å². The fraction of sp³-hybridized carbons (Fsp3) is 0.0833. The van der Waals surface area contributed by atoms with Crippen molar-refractivity contribution in [3.63, 3.8) is 0 Å².